The zero-order chi connectivity index (χ0) is 11.4. The second-order valence-corrected chi connectivity index (χ2v) is 3.77. The van der Waals surface area contributed by atoms with Gasteiger partial charge in [0.2, 0.25) is 11.9 Å². The van der Waals surface area contributed by atoms with Gasteiger partial charge in [-0.1, -0.05) is 6.92 Å². The molecule has 5 heteroatoms. The molecule has 0 saturated carbocycles. The van der Waals surface area contributed by atoms with E-state index < -0.39 is 0 Å². The van der Waals surface area contributed by atoms with E-state index in [-0.39, 0.29) is 5.91 Å². The molecule has 1 rings (SSSR count). The zero-order valence-corrected chi connectivity index (χ0v) is 9.74. The van der Waals surface area contributed by atoms with E-state index in [1.807, 2.05) is 30.6 Å². The number of nitrogens with one attached hydrogen (secondary N) is 1. The number of hydrogen-bond donors (Lipinski definition) is 1. The molecule has 1 aromatic heterocycles. The molecule has 15 heavy (non-hydrogen) atoms. The highest BCUT2D eigenvalue weighted by Gasteiger charge is 2.09. The molecule has 0 aliphatic carbocycles. The molecule has 1 aromatic rings. The summed E-state index contributed by atoms with van der Waals surface area (Å²) in [6.45, 7) is 2.43. The molecular formula is C10H18N4O. The highest BCUT2D eigenvalue weighted by Crippen LogP contribution is 2.08. The molecule has 0 fully saturated rings. The van der Waals surface area contributed by atoms with Crippen molar-refractivity contribution in [2.75, 3.05) is 26.0 Å². The van der Waals surface area contributed by atoms with Crippen molar-refractivity contribution in [2.24, 2.45) is 7.05 Å². The lowest BCUT2D eigenvalue weighted by Gasteiger charge is -2.10. The van der Waals surface area contributed by atoms with Gasteiger partial charge < -0.3 is 9.47 Å². The summed E-state index contributed by atoms with van der Waals surface area (Å²) in [6, 6.07) is 0. The second-order valence-electron chi connectivity index (χ2n) is 3.77. The minimum atomic E-state index is -0.0450. The first-order valence-electron chi connectivity index (χ1n) is 4.99. The number of carbonyl (C=O) groups is 1. The highest BCUT2D eigenvalue weighted by molar-refractivity contribution is 5.90. The van der Waals surface area contributed by atoms with E-state index in [1.54, 1.807) is 6.20 Å². The number of amides is 1. The molecule has 84 valence electrons. The molecule has 0 unspecified atom stereocenters. The van der Waals surface area contributed by atoms with Crippen molar-refractivity contribution in [2.45, 2.75) is 13.3 Å². The first-order valence-corrected chi connectivity index (χ1v) is 4.99. The van der Waals surface area contributed by atoms with Gasteiger partial charge in [-0.3, -0.25) is 10.1 Å². The molecule has 0 aliphatic heterocycles. The summed E-state index contributed by atoms with van der Waals surface area (Å²) < 4.78 is 1.90. The van der Waals surface area contributed by atoms with E-state index in [0.717, 1.165) is 12.1 Å². The summed E-state index contributed by atoms with van der Waals surface area (Å²) in [4.78, 5) is 17.4. The van der Waals surface area contributed by atoms with Crippen LogP contribution in [0.5, 0.6) is 0 Å². The van der Waals surface area contributed by atoms with Crippen LogP contribution in [-0.4, -0.2) is 41.0 Å². The molecule has 0 saturated heterocycles. The molecular weight excluding hydrogens is 192 g/mol. The lowest BCUT2D eigenvalue weighted by molar-refractivity contribution is -0.116. The Labute approximate surface area is 90.1 Å². The average molecular weight is 210 g/mol. The van der Waals surface area contributed by atoms with Gasteiger partial charge in [0, 0.05) is 12.7 Å². The predicted octanol–water partition coefficient (Wildman–Crippen LogP) is 0.483. The molecule has 0 bridgehead atoms. The minimum absolute atomic E-state index is 0.0450. The number of aryl methyl sites for hydroxylation is 1. The third kappa shape index (κ3) is 3.06. The minimum Gasteiger partial charge on any atom is -0.317 e. The lowest BCUT2D eigenvalue weighted by Crippen LogP contribution is -2.28. The maximum atomic E-state index is 11.5. The number of anilines is 1. The van der Waals surface area contributed by atoms with Gasteiger partial charge >= 0.3 is 0 Å². The third-order valence-corrected chi connectivity index (χ3v) is 2.16. The topological polar surface area (TPSA) is 50.2 Å². The van der Waals surface area contributed by atoms with E-state index in [9.17, 15) is 4.79 Å². The van der Waals surface area contributed by atoms with E-state index in [1.165, 1.54) is 0 Å². The van der Waals surface area contributed by atoms with Gasteiger partial charge in [-0.25, -0.2) is 4.98 Å². The fourth-order valence-electron chi connectivity index (χ4n) is 1.34. The van der Waals surface area contributed by atoms with Crippen molar-refractivity contribution in [3.05, 3.63) is 11.9 Å². The normalized spacial score (nSPS) is 10.7. The summed E-state index contributed by atoms with van der Waals surface area (Å²) in [7, 11) is 5.61. The van der Waals surface area contributed by atoms with E-state index in [4.69, 9.17) is 0 Å². The number of carbonyl (C=O) groups excluding carboxylic acids is 1. The highest BCUT2D eigenvalue weighted by atomic mass is 16.2. The van der Waals surface area contributed by atoms with Crippen LogP contribution in [0.15, 0.2) is 6.20 Å². The fourth-order valence-corrected chi connectivity index (χ4v) is 1.34. The van der Waals surface area contributed by atoms with Crippen molar-refractivity contribution in [1.82, 2.24) is 14.5 Å². The SMILES string of the molecule is CCc1cnc(NC(=O)CN(C)C)n1C. The Balaban J connectivity index is 2.64. The van der Waals surface area contributed by atoms with Crippen molar-refractivity contribution < 1.29 is 4.79 Å². The van der Waals surface area contributed by atoms with Gasteiger partial charge in [-0.2, -0.15) is 0 Å². The van der Waals surface area contributed by atoms with Crippen LogP contribution in [-0.2, 0) is 18.3 Å². The summed E-state index contributed by atoms with van der Waals surface area (Å²) in [5.41, 5.74) is 1.11. The molecule has 0 spiro atoms. The van der Waals surface area contributed by atoms with Gasteiger partial charge in [0.05, 0.1) is 12.7 Å². The van der Waals surface area contributed by atoms with E-state index in [0.29, 0.717) is 12.5 Å². The van der Waals surface area contributed by atoms with Crippen molar-refractivity contribution >= 4 is 11.9 Å². The summed E-state index contributed by atoms with van der Waals surface area (Å²) >= 11 is 0. The Kier molecular flexibility index (Phi) is 3.85. The number of likely N-dealkylation sites (N-methyl/N-ethyl adjacent to an activating group) is 1. The van der Waals surface area contributed by atoms with Crippen LogP contribution in [0.3, 0.4) is 0 Å². The van der Waals surface area contributed by atoms with Crippen molar-refractivity contribution in [1.29, 1.82) is 0 Å². The predicted molar refractivity (Wildman–Crippen MR) is 59.8 cm³/mol. The number of hydrogen-bond acceptors (Lipinski definition) is 3. The van der Waals surface area contributed by atoms with Crippen LogP contribution in [0.1, 0.15) is 12.6 Å². The smallest absolute Gasteiger partial charge is 0.240 e. The fraction of sp³-hybridized carbons (Fsp3) is 0.600. The molecule has 1 N–H and O–H groups in total. The first-order chi connectivity index (χ1) is 7.04. The number of imidazole rings is 1. The monoisotopic (exact) mass is 210 g/mol. The van der Waals surface area contributed by atoms with E-state index in [2.05, 4.69) is 17.2 Å². The average Bonchev–Trinajstić information content (AvgIpc) is 2.46. The third-order valence-electron chi connectivity index (χ3n) is 2.16. The number of rotatable bonds is 4. The number of nitrogens with zero attached hydrogens (tertiary/aromatic N) is 3. The van der Waals surface area contributed by atoms with Crippen LogP contribution in [0.4, 0.5) is 5.95 Å². The quantitative estimate of drug-likeness (QED) is 0.786. The Morgan fingerprint density at radius 3 is 2.73 bits per heavy atom. The molecule has 0 atom stereocenters. The van der Waals surface area contributed by atoms with Crippen LogP contribution in [0.25, 0.3) is 0 Å². The van der Waals surface area contributed by atoms with Gasteiger partial charge in [0.1, 0.15) is 0 Å². The molecule has 1 heterocycles. The van der Waals surface area contributed by atoms with Crippen LogP contribution in [0, 0.1) is 0 Å². The van der Waals surface area contributed by atoms with Crippen molar-refractivity contribution in [3.8, 4) is 0 Å². The van der Waals surface area contributed by atoms with Crippen LogP contribution >= 0.6 is 0 Å². The largest absolute Gasteiger partial charge is 0.317 e. The lowest BCUT2D eigenvalue weighted by atomic mass is 10.4. The number of aromatic nitrogens is 2. The van der Waals surface area contributed by atoms with Crippen LogP contribution in [0.2, 0.25) is 0 Å². The molecule has 0 aliphatic rings. The first kappa shape index (κ1) is 11.7. The van der Waals surface area contributed by atoms with Gasteiger partial charge in [0.15, 0.2) is 0 Å². The maximum absolute atomic E-state index is 11.5. The standard InChI is InChI=1S/C10H18N4O/c1-5-8-6-11-10(14(8)4)12-9(15)7-13(2)3/h6H,5,7H2,1-4H3,(H,11,12,15). The molecule has 0 radical (unpaired) electrons. The van der Waals surface area contributed by atoms with Gasteiger partial charge in [0.25, 0.3) is 0 Å². The van der Waals surface area contributed by atoms with E-state index >= 15 is 0 Å². The maximum Gasteiger partial charge on any atom is 0.240 e. The van der Waals surface area contributed by atoms with Crippen LogP contribution < -0.4 is 5.32 Å². The molecule has 0 aromatic carbocycles. The summed E-state index contributed by atoms with van der Waals surface area (Å²) in [6.07, 6.45) is 2.69. The Bertz CT molecular complexity index is 343. The second kappa shape index (κ2) is 4.93. The Hall–Kier alpha value is -1.36. The molecule has 5 nitrogen and oxygen atoms in total. The van der Waals surface area contributed by atoms with Crippen molar-refractivity contribution in [3.63, 3.8) is 0 Å². The van der Waals surface area contributed by atoms with Gasteiger partial charge in [-0.15, -0.1) is 0 Å². The molecule has 1 amide bonds. The summed E-state index contributed by atoms with van der Waals surface area (Å²) in [5.74, 6) is 0.565. The Morgan fingerprint density at radius 2 is 2.27 bits per heavy atom. The summed E-state index contributed by atoms with van der Waals surface area (Å²) in [5, 5.41) is 2.77. The Morgan fingerprint density at radius 1 is 1.60 bits per heavy atom. The van der Waals surface area contributed by atoms with Gasteiger partial charge in [-0.05, 0) is 20.5 Å². The zero-order valence-electron chi connectivity index (χ0n) is 9.74.